The minimum Gasteiger partial charge on any atom is -0.322 e. The van der Waals surface area contributed by atoms with Crippen LogP contribution in [0.5, 0.6) is 0 Å². The van der Waals surface area contributed by atoms with Crippen molar-refractivity contribution in [1.29, 1.82) is 0 Å². The van der Waals surface area contributed by atoms with Gasteiger partial charge in [0, 0.05) is 22.4 Å². The van der Waals surface area contributed by atoms with Gasteiger partial charge in [0.05, 0.1) is 10.9 Å². The number of benzene rings is 1. The van der Waals surface area contributed by atoms with Gasteiger partial charge in [0.2, 0.25) is 0 Å². The average Bonchev–Trinajstić information content (AvgIpc) is 2.65. The number of pyridine rings is 1. The molecule has 0 bridgehead atoms. The highest BCUT2D eigenvalue weighted by Gasteiger charge is 2.21. The van der Waals surface area contributed by atoms with Crippen LogP contribution >= 0.6 is 15.9 Å². The van der Waals surface area contributed by atoms with Crippen molar-refractivity contribution in [3.63, 3.8) is 0 Å². The molecule has 0 radical (unpaired) electrons. The van der Waals surface area contributed by atoms with E-state index in [0.717, 1.165) is 10.0 Å². The SMILES string of the molecule is Cc1cc(Br)ccc1NC(=O)c1cc(C(C)C)nc2c1c(=O)[nH]c(=O)n2CC(C)C. The summed E-state index contributed by atoms with van der Waals surface area (Å²) in [6.07, 6.45) is 0. The minimum absolute atomic E-state index is 0.0113. The standard InChI is InChI=1S/C22H25BrN4O3/c1-11(2)10-27-19-18(21(29)26-22(27)30)15(9-17(24-19)12(3)4)20(28)25-16-7-6-14(23)8-13(16)5/h6-9,11-12H,10H2,1-5H3,(H,25,28)(H,26,29,30). The predicted molar refractivity (Wildman–Crippen MR) is 122 cm³/mol. The zero-order valence-electron chi connectivity index (χ0n) is 17.7. The molecule has 30 heavy (non-hydrogen) atoms. The van der Waals surface area contributed by atoms with Gasteiger partial charge in [0.15, 0.2) is 5.65 Å². The Morgan fingerprint density at radius 1 is 1.20 bits per heavy atom. The Bertz CT molecular complexity index is 1240. The van der Waals surface area contributed by atoms with Gasteiger partial charge in [-0.2, -0.15) is 0 Å². The predicted octanol–water partition coefficient (Wildman–Crippen LogP) is 4.19. The van der Waals surface area contributed by atoms with Crippen LogP contribution in [0.3, 0.4) is 0 Å². The topological polar surface area (TPSA) is 96.8 Å². The number of nitrogens with zero attached hydrogens (tertiary/aromatic N) is 2. The number of aryl methyl sites for hydroxylation is 1. The number of halogens is 1. The number of aromatic nitrogens is 3. The van der Waals surface area contributed by atoms with Gasteiger partial charge in [0.1, 0.15) is 0 Å². The first kappa shape index (κ1) is 22.0. The van der Waals surface area contributed by atoms with E-state index in [1.165, 1.54) is 4.57 Å². The Morgan fingerprint density at radius 2 is 1.90 bits per heavy atom. The van der Waals surface area contributed by atoms with Gasteiger partial charge in [-0.25, -0.2) is 9.78 Å². The molecular formula is C22H25BrN4O3. The first-order chi connectivity index (χ1) is 14.1. The van der Waals surface area contributed by atoms with Gasteiger partial charge in [-0.15, -0.1) is 0 Å². The number of anilines is 1. The molecule has 0 fully saturated rings. The smallest absolute Gasteiger partial charge is 0.322 e. The van der Waals surface area contributed by atoms with E-state index in [2.05, 4.69) is 31.2 Å². The van der Waals surface area contributed by atoms with Crippen molar-refractivity contribution < 1.29 is 4.79 Å². The largest absolute Gasteiger partial charge is 0.330 e. The fourth-order valence-electron chi connectivity index (χ4n) is 3.26. The van der Waals surface area contributed by atoms with Crippen LogP contribution < -0.4 is 16.6 Å². The molecule has 158 valence electrons. The van der Waals surface area contributed by atoms with Gasteiger partial charge in [-0.05, 0) is 48.6 Å². The Kier molecular flexibility index (Phi) is 6.26. The van der Waals surface area contributed by atoms with E-state index in [9.17, 15) is 14.4 Å². The van der Waals surface area contributed by atoms with Crippen LogP contribution in [0.25, 0.3) is 11.0 Å². The van der Waals surface area contributed by atoms with Crippen LogP contribution in [0.15, 0.2) is 38.3 Å². The minimum atomic E-state index is -0.615. The number of H-pyrrole nitrogens is 1. The quantitative estimate of drug-likeness (QED) is 0.581. The number of hydrogen-bond acceptors (Lipinski definition) is 4. The zero-order chi connectivity index (χ0) is 22.2. The molecule has 0 aliphatic carbocycles. The summed E-state index contributed by atoms with van der Waals surface area (Å²) in [6.45, 7) is 10.1. The van der Waals surface area contributed by atoms with Crippen molar-refractivity contribution in [3.8, 4) is 0 Å². The maximum absolute atomic E-state index is 13.2. The normalized spacial score (nSPS) is 11.5. The summed E-state index contributed by atoms with van der Waals surface area (Å²) < 4.78 is 2.35. The maximum Gasteiger partial charge on any atom is 0.330 e. The van der Waals surface area contributed by atoms with Crippen LogP contribution in [-0.2, 0) is 6.54 Å². The molecule has 7 nitrogen and oxygen atoms in total. The third-order valence-electron chi connectivity index (χ3n) is 4.79. The van der Waals surface area contributed by atoms with Gasteiger partial charge >= 0.3 is 5.69 Å². The number of rotatable bonds is 5. The lowest BCUT2D eigenvalue weighted by atomic mass is 10.0. The molecule has 2 aromatic heterocycles. The Hall–Kier alpha value is -2.74. The molecule has 0 saturated heterocycles. The first-order valence-corrected chi connectivity index (χ1v) is 10.6. The monoisotopic (exact) mass is 472 g/mol. The second-order valence-corrected chi connectivity index (χ2v) is 9.04. The molecule has 0 unspecified atom stereocenters. The zero-order valence-corrected chi connectivity index (χ0v) is 19.3. The summed E-state index contributed by atoms with van der Waals surface area (Å²) in [5.74, 6) is -0.253. The summed E-state index contributed by atoms with van der Waals surface area (Å²) in [5.41, 5.74) is 1.46. The summed E-state index contributed by atoms with van der Waals surface area (Å²) in [5, 5.41) is 3.00. The second-order valence-electron chi connectivity index (χ2n) is 8.13. The molecule has 2 N–H and O–H groups in total. The molecule has 3 aromatic rings. The number of carbonyl (C=O) groups is 1. The van der Waals surface area contributed by atoms with Crippen molar-refractivity contribution in [2.75, 3.05) is 5.32 Å². The lowest BCUT2D eigenvalue weighted by Gasteiger charge is -2.16. The molecule has 1 amide bonds. The van der Waals surface area contributed by atoms with Gasteiger partial charge in [-0.1, -0.05) is 43.6 Å². The third-order valence-corrected chi connectivity index (χ3v) is 5.28. The van der Waals surface area contributed by atoms with E-state index in [0.29, 0.717) is 17.9 Å². The molecule has 0 spiro atoms. The second kappa shape index (κ2) is 8.55. The van der Waals surface area contributed by atoms with Crippen molar-refractivity contribution >= 4 is 38.6 Å². The van der Waals surface area contributed by atoms with E-state index in [1.807, 2.05) is 46.8 Å². The van der Waals surface area contributed by atoms with E-state index >= 15 is 0 Å². The highest BCUT2D eigenvalue weighted by Crippen LogP contribution is 2.24. The Labute approximate surface area is 182 Å². The number of amides is 1. The molecule has 1 aromatic carbocycles. The summed E-state index contributed by atoms with van der Waals surface area (Å²) in [4.78, 5) is 45.3. The van der Waals surface area contributed by atoms with Crippen LogP contribution in [0.1, 0.15) is 55.2 Å². The average molecular weight is 473 g/mol. The van der Waals surface area contributed by atoms with Crippen LogP contribution in [0.4, 0.5) is 5.69 Å². The van der Waals surface area contributed by atoms with E-state index in [-0.39, 0.29) is 28.4 Å². The number of aromatic amines is 1. The van der Waals surface area contributed by atoms with Crippen LogP contribution in [0, 0.1) is 12.8 Å². The molecule has 8 heteroatoms. The molecule has 0 aliphatic heterocycles. The molecule has 2 heterocycles. The highest BCUT2D eigenvalue weighted by atomic mass is 79.9. The lowest BCUT2D eigenvalue weighted by Crippen LogP contribution is -2.33. The number of nitrogens with one attached hydrogen (secondary N) is 2. The highest BCUT2D eigenvalue weighted by molar-refractivity contribution is 9.10. The van der Waals surface area contributed by atoms with Crippen molar-refractivity contribution in [3.05, 3.63) is 66.4 Å². The van der Waals surface area contributed by atoms with Crippen molar-refractivity contribution in [1.82, 2.24) is 14.5 Å². The third kappa shape index (κ3) is 4.38. The van der Waals surface area contributed by atoms with Crippen LogP contribution in [-0.4, -0.2) is 20.4 Å². The molecule has 0 atom stereocenters. The fraction of sp³-hybridized carbons (Fsp3) is 0.364. The lowest BCUT2D eigenvalue weighted by molar-refractivity contribution is 0.102. The van der Waals surface area contributed by atoms with E-state index < -0.39 is 17.2 Å². The van der Waals surface area contributed by atoms with Crippen LogP contribution in [0.2, 0.25) is 0 Å². The maximum atomic E-state index is 13.2. The van der Waals surface area contributed by atoms with Gasteiger partial charge in [-0.3, -0.25) is 19.1 Å². The van der Waals surface area contributed by atoms with Crippen molar-refractivity contribution in [2.45, 2.75) is 47.1 Å². The van der Waals surface area contributed by atoms with Gasteiger partial charge < -0.3 is 5.32 Å². The van der Waals surface area contributed by atoms with E-state index in [4.69, 9.17) is 0 Å². The summed E-state index contributed by atoms with van der Waals surface area (Å²) >= 11 is 3.41. The Morgan fingerprint density at radius 3 is 2.50 bits per heavy atom. The summed E-state index contributed by atoms with van der Waals surface area (Å²) in [7, 11) is 0. The fourth-order valence-corrected chi connectivity index (χ4v) is 3.74. The van der Waals surface area contributed by atoms with Gasteiger partial charge in [0.25, 0.3) is 11.5 Å². The Balaban J connectivity index is 2.26. The van der Waals surface area contributed by atoms with Crippen molar-refractivity contribution in [2.24, 2.45) is 5.92 Å². The number of fused-ring (bicyclic) bond motifs is 1. The number of carbonyl (C=O) groups excluding carboxylic acids is 1. The summed E-state index contributed by atoms with van der Waals surface area (Å²) in [6, 6.07) is 7.16. The molecule has 0 aliphatic rings. The van der Waals surface area contributed by atoms with E-state index in [1.54, 1.807) is 12.1 Å². The molecule has 0 saturated carbocycles. The molecular weight excluding hydrogens is 448 g/mol. The first-order valence-electron chi connectivity index (χ1n) is 9.83. The molecule has 3 rings (SSSR count). The number of hydrogen-bond donors (Lipinski definition) is 2.